The van der Waals surface area contributed by atoms with E-state index in [-0.39, 0.29) is 0 Å². The fourth-order valence-electron chi connectivity index (χ4n) is 2.31. The van der Waals surface area contributed by atoms with Gasteiger partial charge in [-0.1, -0.05) is 0 Å². The smallest absolute Gasteiger partial charge is 0.0391 e. The third-order valence-electron chi connectivity index (χ3n) is 3.23. The minimum atomic E-state index is 0.410. The van der Waals surface area contributed by atoms with Gasteiger partial charge in [0.15, 0.2) is 0 Å². The summed E-state index contributed by atoms with van der Waals surface area (Å²) in [5.41, 5.74) is 1.44. The second-order valence-corrected chi connectivity index (χ2v) is 7.71. The van der Waals surface area contributed by atoms with Gasteiger partial charge in [-0.05, 0) is 58.4 Å². The van der Waals surface area contributed by atoms with Crippen molar-refractivity contribution in [1.82, 2.24) is 5.32 Å². The molecule has 0 radical (unpaired) electrons. The molecule has 98 valence electrons. The van der Waals surface area contributed by atoms with Gasteiger partial charge in [-0.25, -0.2) is 0 Å². The van der Waals surface area contributed by atoms with Crippen LogP contribution in [0.2, 0.25) is 0 Å². The van der Waals surface area contributed by atoms with E-state index in [2.05, 4.69) is 58.1 Å². The Morgan fingerprint density at radius 1 is 0.944 bits per heavy atom. The zero-order valence-corrected chi connectivity index (χ0v) is 13.3. The molecule has 0 bridgehead atoms. The molecule has 0 aliphatic heterocycles. The van der Waals surface area contributed by atoms with Crippen molar-refractivity contribution in [2.75, 3.05) is 0 Å². The predicted octanol–water partition coefficient (Wildman–Crippen LogP) is 5.15. The zero-order chi connectivity index (χ0) is 13.3. The summed E-state index contributed by atoms with van der Waals surface area (Å²) < 4.78 is 0. The molecule has 0 saturated heterocycles. The highest BCUT2D eigenvalue weighted by Gasteiger charge is 2.15. The quantitative estimate of drug-likeness (QED) is 0.816. The highest BCUT2D eigenvalue weighted by molar-refractivity contribution is 7.12. The van der Waals surface area contributed by atoms with Crippen LogP contribution in [-0.4, -0.2) is 0 Å². The van der Waals surface area contributed by atoms with Crippen LogP contribution in [0.1, 0.15) is 51.0 Å². The van der Waals surface area contributed by atoms with Crippen LogP contribution in [0.5, 0.6) is 0 Å². The van der Waals surface area contributed by atoms with Gasteiger partial charge in [-0.3, -0.25) is 0 Å². The van der Waals surface area contributed by atoms with Gasteiger partial charge in [-0.15, -0.1) is 22.7 Å². The Kier molecular flexibility index (Phi) is 4.25. The number of rotatable bonds is 4. The molecule has 0 saturated carbocycles. The summed E-state index contributed by atoms with van der Waals surface area (Å²) in [6.07, 6.45) is 0. The molecule has 2 aromatic rings. The third-order valence-corrected chi connectivity index (χ3v) is 5.40. The molecule has 0 spiro atoms. The average molecular weight is 279 g/mol. The minimum absolute atomic E-state index is 0.410. The van der Waals surface area contributed by atoms with E-state index >= 15 is 0 Å². The molecule has 0 aromatic carbocycles. The minimum Gasteiger partial charge on any atom is -0.303 e. The molecule has 3 heteroatoms. The van der Waals surface area contributed by atoms with E-state index in [4.69, 9.17) is 0 Å². The molecule has 0 fully saturated rings. The lowest BCUT2D eigenvalue weighted by Crippen LogP contribution is -2.21. The molecule has 2 rings (SSSR count). The second-order valence-electron chi connectivity index (χ2n) is 4.93. The van der Waals surface area contributed by atoms with Crippen LogP contribution in [0.25, 0.3) is 0 Å². The van der Waals surface area contributed by atoms with Crippen molar-refractivity contribution >= 4 is 22.7 Å². The van der Waals surface area contributed by atoms with Crippen LogP contribution < -0.4 is 5.32 Å². The number of thiophene rings is 2. The number of nitrogens with one attached hydrogen (secondary N) is 1. The average Bonchev–Trinajstić information content (AvgIpc) is 2.84. The fourth-order valence-corrected chi connectivity index (χ4v) is 4.22. The van der Waals surface area contributed by atoms with Crippen LogP contribution in [-0.2, 0) is 0 Å². The molecule has 18 heavy (non-hydrogen) atoms. The van der Waals surface area contributed by atoms with E-state index in [1.165, 1.54) is 25.1 Å². The molecule has 0 aliphatic rings. The molecular weight excluding hydrogens is 258 g/mol. The van der Waals surface area contributed by atoms with Crippen LogP contribution in [0, 0.1) is 20.8 Å². The predicted molar refractivity (Wildman–Crippen MR) is 82.8 cm³/mol. The molecule has 0 aliphatic carbocycles. The van der Waals surface area contributed by atoms with Crippen LogP contribution in [0.3, 0.4) is 0 Å². The maximum atomic E-state index is 3.70. The van der Waals surface area contributed by atoms with Gasteiger partial charge in [0.05, 0.1) is 0 Å². The van der Waals surface area contributed by atoms with E-state index in [0.717, 1.165) is 0 Å². The molecule has 1 nitrogen and oxygen atoms in total. The second kappa shape index (κ2) is 5.55. The number of aryl methyl sites for hydroxylation is 3. The monoisotopic (exact) mass is 279 g/mol. The van der Waals surface area contributed by atoms with Gasteiger partial charge in [0.2, 0.25) is 0 Å². The standard InChI is InChI=1S/C15H21NS2/c1-9-6-7-15(18-9)12(4)16-11(3)14-8-10(2)17-13(14)5/h6-8,11-12,16H,1-5H3. The SMILES string of the molecule is Cc1ccc(C(C)NC(C)c2cc(C)sc2C)s1. The molecule has 2 aromatic heterocycles. The van der Waals surface area contributed by atoms with Gasteiger partial charge in [0, 0.05) is 31.6 Å². The molecule has 2 unspecified atom stereocenters. The van der Waals surface area contributed by atoms with Crippen molar-refractivity contribution in [2.24, 2.45) is 0 Å². The van der Waals surface area contributed by atoms with Gasteiger partial charge in [0.1, 0.15) is 0 Å². The summed E-state index contributed by atoms with van der Waals surface area (Å²) in [5, 5.41) is 3.70. The van der Waals surface area contributed by atoms with Crippen molar-refractivity contribution in [3.63, 3.8) is 0 Å². The summed E-state index contributed by atoms with van der Waals surface area (Å²) in [4.78, 5) is 5.63. The molecule has 2 heterocycles. The first kappa shape index (κ1) is 13.8. The Labute approximate surface area is 118 Å². The molecular formula is C15H21NS2. The van der Waals surface area contributed by atoms with E-state index < -0.39 is 0 Å². The van der Waals surface area contributed by atoms with Crippen molar-refractivity contribution in [3.05, 3.63) is 43.3 Å². The first-order valence-electron chi connectivity index (χ1n) is 6.36. The lowest BCUT2D eigenvalue weighted by Gasteiger charge is -2.19. The maximum Gasteiger partial charge on any atom is 0.0391 e. The Bertz CT molecular complexity index is 524. The first-order chi connectivity index (χ1) is 8.47. The zero-order valence-electron chi connectivity index (χ0n) is 11.7. The lowest BCUT2D eigenvalue weighted by molar-refractivity contribution is 0.499. The van der Waals surface area contributed by atoms with Gasteiger partial charge >= 0.3 is 0 Å². The van der Waals surface area contributed by atoms with E-state index in [9.17, 15) is 0 Å². The summed E-state index contributed by atoms with van der Waals surface area (Å²) in [5.74, 6) is 0. The summed E-state index contributed by atoms with van der Waals surface area (Å²) >= 11 is 3.77. The summed E-state index contributed by atoms with van der Waals surface area (Å²) in [6.45, 7) is 11.1. The van der Waals surface area contributed by atoms with Crippen LogP contribution in [0.15, 0.2) is 18.2 Å². The normalized spacial score (nSPS) is 14.7. The molecule has 1 N–H and O–H groups in total. The maximum absolute atomic E-state index is 3.70. The Hall–Kier alpha value is -0.640. The van der Waals surface area contributed by atoms with E-state index in [1.807, 2.05) is 22.7 Å². The molecule has 2 atom stereocenters. The highest BCUT2D eigenvalue weighted by Crippen LogP contribution is 2.29. The van der Waals surface area contributed by atoms with E-state index in [0.29, 0.717) is 12.1 Å². The van der Waals surface area contributed by atoms with Gasteiger partial charge in [0.25, 0.3) is 0 Å². The Morgan fingerprint density at radius 3 is 2.17 bits per heavy atom. The number of hydrogen-bond donors (Lipinski definition) is 1. The van der Waals surface area contributed by atoms with Gasteiger partial charge < -0.3 is 5.32 Å². The molecule has 0 amide bonds. The van der Waals surface area contributed by atoms with Crippen molar-refractivity contribution in [2.45, 2.75) is 46.7 Å². The van der Waals surface area contributed by atoms with Crippen molar-refractivity contribution in [3.8, 4) is 0 Å². The Balaban J connectivity index is 2.07. The number of hydrogen-bond acceptors (Lipinski definition) is 3. The lowest BCUT2D eigenvalue weighted by atomic mass is 10.1. The third kappa shape index (κ3) is 3.02. The van der Waals surface area contributed by atoms with E-state index in [1.54, 1.807) is 0 Å². The summed E-state index contributed by atoms with van der Waals surface area (Å²) in [7, 11) is 0. The fraction of sp³-hybridized carbons (Fsp3) is 0.467. The largest absolute Gasteiger partial charge is 0.303 e. The van der Waals surface area contributed by atoms with Crippen molar-refractivity contribution in [1.29, 1.82) is 0 Å². The van der Waals surface area contributed by atoms with Crippen molar-refractivity contribution < 1.29 is 0 Å². The Morgan fingerprint density at radius 2 is 1.67 bits per heavy atom. The van der Waals surface area contributed by atoms with Crippen LogP contribution >= 0.6 is 22.7 Å². The van der Waals surface area contributed by atoms with Gasteiger partial charge in [-0.2, -0.15) is 0 Å². The first-order valence-corrected chi connectivity index (χ1v) is 8.00. The summed E-state index contributed by atoms with van der Waals surface area (Å²) in [6, 6.07) is 7.56. The highest BCUT2D eigenvalue weighted by atomic mass is 32.1. The topological polar surface area (TPSA) is 12.0 Å². The van der Waals surface area contributed by atoms with Crippen LogP contribution in [0.4, 0.5) is 0 Å².